The summed E-state index contributed by atoms with van der Waals surface area (Å²) in [6, 6.07) is 19.5. The van der Waals surface area contributed by atoms with Crippen LogP contribution in [0.3, 0.4) is 0 Å². The maximum absolute atomic E-state index is 13.1. The molecule has 4 rings (SSSR count). The van der Waals surface area contributed by atoms with Crippen LogP contribution in [0.15, 0.2) is 82.6 Å². The van der Waals surface area contributed by atoms with E-state index in [-0.39, 0.29) is 47.6 Å². The molecule has 0 unspecified atom stereocenters. The van der Waals surface area contributed by atoms with Gasteiger partial charge in [-0.1, -0.05) is 41.5 Å². The average Bonchev–Trinajstić information content (AvgIpc) is 2.84. The van der Waals surface area contributed by atoms with E-state index in [9.17, 15) is 21.6 Å². The van der Waals surface area contributed by atoms with Gasteiger partial charge < -0.3 is 4.90 Å². The van der Waals surface area contributed by atoms with E-state index in [2.05, 4.69) is 4.72 Å². The molecule has 0 spiro atoms. The number of hydrogen-bond acceptors (Lipinski definition) is 5. The first-order valence-corrected chi connectivity index (χ1v) is 14.0. The van der Waals surface area contributed by atoms with Gasteiger partial charge in [-0.3, -0.25) is 9.52 Å². The Balaban J connectivity index is 1.43. The van der Waals surface area contributed by atoms with Crippen LogP contribution >= 0.6 is 0 Å². The van der Waals surface area contributed by atoms with Crippen LogP contribution in [0.25, 0.3) is 0 Å². The number of carbonyl (C=O) groups excluding carboxylic acids is 1. The van der Waals surface area contributed by atoms with Crippen LogP contribution in [0.5, 0.6) is 0 Å². The molecule has 10 heteroatoms. The summed E-state index contributed by atoms with van der Waals surface area (Å²) in [5.41, 5.74) is 2.52. The third-order valence-electron chi connectivity index (χ3n) is 5.88. The maximum Gasteiger partial charge on any atom is 0.261 e. The van der Waals surface area contributed by atoms with Crippen molar-refractivity contribution in [2.75, 3.05) is 30.9 Å². The number of sulfonamides is 2. The molecule has 35 heavy (non-hydrogen) atoms. The van der Waals surface area contributed by atoms with E-state index in [1.54, 1.807) is 59.5 Å². The van der Waals surface area contributed by atoms with Gasteiger partial charge in [0.05, 0.1) is 9.79 Å². The average molecular weight is 514 g/mol. The van der Waals surface area contributed by atoms with Crippen molar-refractivity contribution in [1.82, 2.24) is 9.21 Å². The van der Waals surface area contributed by atoms with Crippen LogP contribution in [0.2, 0.25) is 0 Å². The summed E-state index contributed by atoms with van der Waals surface area (Å²) in [7, 11) is -7.43. The van der Waals surface area contributed by atoms with E-state index in [4.69, 9.17) is 0 Å². The smallest absolute Gasteiger partial charge is 0.261 e. The monoisotopic (exact) mass is 513 g/mol. The highest BCUT2D eigenvalue weighted by Gasteiger charge is 2.30. The van der Waals surface area contributed by atoms with Crippen LogP contribution in [0, 0.1) is 13.8 Å². The van der Waals surface area contributed by atoms with E-state index in [1.807, 2.05) is 13.8 Å². The molecule has 1 saturated heterocycles. The minimum Gasteiger partial charge on any atom is -0.336 e. The molecule has 184 valence electrons. The molecule has 8 nitrogen and oxygen atoms in total. The lowest BCUT2D eigenvalue weighted by Gasteiger charge is -2.34. The number of hydrogen-bond donors (Lipinski definition) is 1. The summed E-state index contributed by atoms with van der Waals surface area (Å²) >= 11 is 0. The molecule has 0 bridgehead atoms. The highest BCUT2D eigenvalue weighted by molar-refractivity contribution is 7.92. The predicted molar refractivity (Wildman–Crippen MR) is 134 cm³/mol. The second kappa shape index (κ2) is 9.80. The number of rotatable bonds is 6. The number of nitrogens with zero attached hydrogens (tertiary/aromatic N) is 2. The van der Waals surface area contributed by atoms with Crippen LogP contribution in [-0.2, 0) is 20.0 Å². The zero-order valence-electron chi connectivity index (χ0n) is 19.5. The highest BCUT2D eigenvalue weighted by Crippen LogP contribution is 2.21. The molecule has 0 atom stereocenters. The molecule has 0 aliphatic carbocycles. The molecular weight excluding hydrogens is 486 g/mol. The number of benzene rings is 3. The van der Waals surface area contributed by atoms with Crippen molar-refractivity contribution in [2.45, 2.75) is 23.6 Å². The lowest BCUT2D eigenvalue weighted by molar-refractivity contribution is 0.0698. The van der Waals surface area contributed by atoms with E-state index < -0.39 is 20.0 Å². The Morgan fingerprint density at radius 3 is 1.86 bits per heavy atom. The Labute approximate surface area is 206 Å². The summed E-state index contributed by atoms with van der Waals surface area (Å²) in [4.78, 5) is 15.0. The van der Waals surface area contributed by atoms with Crippen molar-refractivity contribution in [1.29, 1.82) is 0 Å². The second-order valence-electron chi connectivity index (χ2n) is 8.51. The minimum atomic E-state index is -3.80. The second-order valence-corrected chi connectivity index (χ2v) is 12.1. The maximum atomic E-state index is 13.1. The van der Waals surface area contributed by atoms with Crippen molar-refractivity contribution < 1.29 is 21.6 Å². The summed E-state index contributed by atoms with van der Waals surface area (Å²) in [5.74, 6) is -0.284. The van der Waals surface area contributed by atoms with Crippen LogP contribution in [0.4, 0.5) is 5.69 Å². The van der Waals surface area contributed by atoms with Gasteiger partial charge in [-0.05, 0) is 56.3 Å². The van der Waals surface area contributed by atoms with Crippen LogP contribution in [-0.4, -0.2) is 58.1 Å². The fraction of sp³-hybridized carbons (Fsp3) is 0.240. The largest absolute Gasteiger partial charge is 0.336 e. The standard InChI is InChI=1S/C25H27N3O5S2/c1-19-6-10-23(11-7-19)34(30,31)26-22-5-3-4-21(18-22)25(29)27-14-16-28(17-15-27)35(32,33)24-12-8-20(2)9-13-24/h3-13,18,26H,14-17H2,1-2H3. The quantitative estimate of drug-likeness (QED) is 0.545. The Morgan fingerprint density at radius 1 is 0.743 bits per heavy atom. The molecule has 0 saturated carbocycles. The molecule has 1 N–H and O–H groups in total. The highest BCUT2D eigenvalue weighted by atomic mass is 32.2. The third kappa shape index (κ3) is 5.55. The van der Waals surface area contributed by atoms with Gasteiger partial charge >= 0.3 is 0 Å². The number of amides is 1. The van der Waals surface area contributed by atoms with E-state index in [0.717, 1.165) is 11.1 Å². The first-order chi connectivity index (χ1) is 16.6. The van der Waals surface area contributed by atoms with Crippen LogP contribution < -0.4 is 4.72 Å². The summed E-state index contributed by atoms with van der Waals surface area (Å²) < 4.78 is 55.1. The van der Waals surface area contributed by atoms with E-state index in [0.29, 0.717) is 5.56 Å². The third-order valence-corrected chi connectivity index (χ3v) is 9.19. The van der Waals surface area contributed by atoms with Gasteiger partial charge in [-0.2, -0.15) is 4.31 Å². The van der Waals surface area contributed by atoms with Crippen molar-refractivity contribution in [2.24, 2.45) is 0 Å². The molecule has 1 fully saturated rings. The molecule has 1 aliphatic heterocycles. The van der Waals surface area contributed by atoms with Gasteiger partial charge in [-0.25, -0.2) is 16.8 Å². The molecule has 0 radical (unpaired) electrons. The fourth-order valence-corrected chi connectivity index (χ4v) is 6.29. The molecule has 1 aliphatic rings. The van der Waals surface area contributed by atoms with Gasteiger partial charge in [0.15, 0.2) is 0 Å². The minimum absolute atomic E-state index is 0.130. The Kier molecular flexibility index (Phi) is 6.98. The van der Waals surface area contributed by atoms with Gasteiger partial charge in [0.1, 0.15) is 0 Å². The Bertz CT molecular complexity index is 1430. The number of nitrogens with one attached hydrogen (secondary N) is 1. The van der Waals surface area contributed by atoms with Gasteiger partial charge in [0.25, 0.3) is 15.9 Å². The first kappa shape index (κ1) is 24.9. The SMILES string of the molecule is Cc1ccc(S(=O)(=O)Nc2cccc(C(=O)N3CCN(S(=O)(=O)c4ccc(C)cc4)CC3)c2)cc1. The molecule has 0 aromatic heterocycles. The summed E-state index contributed by atoms with van der Waals surface area (Å²) in [6.07, 6.45) is 0. The zero-order chi connectivity index (χ0) is 25.2. The topological polar surface area (TPSA) is 104 Å². The number of carbonyl (C=O) groups is 1. The molecule has 1 heterocycles. The fourth-order valence-electron chi connectivity index (χ4n) is 3.82. The number of aryl methyl sites for hydroxylation is 2. The normalized spacial score (nSPS) is 15.1. The van der Waals surface area contributed by atoms with Crippen molar-refractivity contribution in [3.63, 3.8) is 0 Å². The molecule has 3 aromatic carbocycles. The van der Waals surface area contributed by atoms with Crippen LogP contribution in [0.1, 0.15) is 21.5 Å². The molecular formula is C25H27N3O5S2. The van der Waals surface area contributed by atoms with E-state index in [1.165, 1.54) is 22.5 Å². The number of anilines is 1. The lowest BCUT2D eigenvalue weighted by atomic mass is 10.1. The van der Waals surface area contributed by atoms with Gasteiger partial charge in [-0.15, -0.1) is 0 Å². The first-order valence-electron chi connectivity index (χ1n) is 11.1. The van der Waals surface area contributed by atoms with Crippen molar-refractivity contribution >= 4 is 31.6 Å². The molecule has 1 amide bonds. The zero-order valence-corrected chi connectivity index (χ0v) is 21.1. The van der Waals surface area contributed by atoms with Crippen molar-refractivity contribution in [3.8, 4) is 0 Å². The lowest BCUT2D eigenvalue weighted by Crippen LogP contribution is -2.50. The Morgan fingerprint density at radius 2 is 1.29 bits per heavy atom. The van der Waals surface area contributed by atoms with Gasteiger partial charge in [0, 0.05) is 37.4 Å². The van der Waals surface area contributed by atoms with Gasteiger partial charge in [0.2, 0.25) is 10.0 Å². The summed E-state index contributed by atoms with van der Waals surface area (Å²) in [6.45, 7) is 4.61. The predicted octanol–water partition coefficient (Wildman–Crippen LogP) is 3.25. The number of piperazine rings is 1. The summed E-state index contributed by atoms with van der Waals surface area (Å²) in [5, 5.41) is 0. The Hall–Kier alpha value is -3.21. The molecule has 3 aromatic rings. The van der Waals surface area contributed by atoms with Crippen molar-refractivity contribution in [3.05, 3.63) is 89.5 Å². The van der Waals surface area contributed by atoms with E-state index >= 15 is 0 Å².